The summed E-state index contributed by atoms with van der Waals surface area (Å²) in [5.41, 5.74) is 2.10. The standard InChI is InChI=1S/C16H13NO3/c18-15-10-13(16(19)20)12-8-4-5-9-14(12)17(15)11-6-2-1-3-7-11/h1-9,13H,10H2,(H,19,20)/t13-/m0/s1. The molecule has 4 heteroatoms. The summed E-state index contributed by atoms with van der Waals surface area (Å²) in [5.74, 6) is -1.92. The summed E-state index contributed by atoms with van der Waals surface area (Å²) in [6.07, 6.45) is -0.0127. The number of anilines is 2. The Morgan fingerprint density at radius 3 is 2.40 bits per heavy atom. The third-order valence-corrected chi connectivity index (χ3v) is 3.49. The minimum absolute atomic E-state index is 0.0127. The Bertz CT molecular complexity index is 666. The second kappa shape index (κ2) is 4.81. The molecule has 1 N–H and O–H groups in total. The first-order valence-corrected chi connectivity index (χ1v) is 6.38. The van der Waals surface area contributed by atoms with Gasteiger partial charge in [-0.15, -0.1) is 0 Å². The van der Waals surface area contributed by atoms with Crippen molar-refractivity contribution in [2.24, 2.45) is 0 Å². The van der Waals surface area contributed by atoms with Crippen LogP contribution in [-0.4, -0.2) is 17.0 Å². The van der Waals surface area contributed by atoms with Gasteiger partial charge in [0.1, 0.15) is 0 Å². The summed E-state index contributed by atoms with van der Waals surface area (Å²) in [4.78, 5) is 25.3. The van der Waals surface area contributed by atoms with Crippen molar-refractivity contribution >= 4 is 23.3 Å². The maximum absolute atomic E-state index is 12.3. The number of para-hydroxylation sites is 2. The summed E-state index contributed by atoms with van der Waals surface area (Å²) in [6.45, 7) is 0. The lowest BCUT2D eigenvalue weighted by Gasteiger charge is -2.32. The summed E-state index contributed by atoms with van der Waals surface area (Å²) >= 11 is 0. The van der Waals surface area contributed by atoms with Gasteiger partial charge >= 0.3 is 5.97 Å². The van der Waals surface area contributed by atoms with Crippen molar-refractivity contribution in [1.82, 2.24) is 0 Å². The summed E-state index contributed by atoms with van der Waals surface area (Å²) in [5, 5.41) is 9.29. The highest BCUT2D eigenvalue weighted by molar-refractivity contribution is 6.06. The predicted molar refractivity (Wildman–Crippen MR) is 75.0 cm³/mol. The molecule has 1 amide bonds. The fourth-order valence-corrected chi connectivity index (χ4v) is 2.58. The largest absolute Gasteiger partial charge is 0.481 e. The number of carbonyl (C=O) groups is 2. The fourth-order valence-electron chi connectivity index (χ4n) is 2.58. The Morgan fingerprint density at radius 2 is 1.70 bits per heavy atom. The SMILES string of the molecule is O=C(O)[C@H]1CC(=O)N(c2ccccc2)c2ccccc21. The number of carboxylic acids is 1. The molecule has 3 rings (SSSR count). The molecule has 0 spiro atoms. The van der Waals surface area contributed by atoms with Gasteiger partial charge in [-0.3, -0.25) is 14.5 Å². The van der Waals surface area contributed by atoms with Gasteiger partial charge in [0.2, 0.25) is 5.91 Å². The lowest BCUT2D eigenvalue weighted by molar-refractivity contribution is -0.140. The highest BCUT2D eigenvalue weighted by Gasteiger charge is 2.35. The predicted octanol–water partition coefficient (Wildman–Crippen LogP) is 2.92. The molecule has 20 heavy (non-hydrogen) atoms. The molecule has 2 aromatic carbocycles. The molecule has 0 radical (unpaired) electrons. The molecule has 1 heterocycles. The van der Waals surface area contributed by atoms with Crippen LogP contribution in [0.25, 0.3) is 0 Å². The average Bonchev–Trinajstić information content (AvgIpc) is 2.47. The Morgan fingerprint density at radius 1 is 1.05 bits per heavy atom. The van der Waals surface area contributed by atoms with E-state index in [0.29, 0.717) is 11.3 Å². The number of carbonyl (C=O) groups excluding carboxylic acids is 1. The van der Waals surface area contributed by atoms with Gasteiger partial charge < -0.3 is 5.11 Å². The zero-order chi connectivity index (χ0) is 14.1. The van der Waals surface area contributed by atoms with E-state index in [-0.39, 0.29) is 12.3 Å². The van der Waals surface area contributed by atoms with Crippen molar-refractivity contribution in [3.8, 4) is 0 Å². The van der Waals surface area contributed by atoms with E-state index in [1.54, 1.807) is 23.1 Å². The maximum atomic E-state index is 12.3. The summed E-state index contributed by atoms with van der Waals surface area (Å²) in [7, 11) is 0. The van der Waals surface area contributed by atoms with E-state index in [2.05, 4.69) is 0 Å². The van der Waals surface area contributed by atoms with Gasteiger partial charge in [0.25, 0.3) is 0 Å². The van der Waals surface area contributed by atoms with E-state index in [9.17, 15) is 14.7 Å². The quantitative estimate of drug-likeness (QED) is 0.910. The van der Waals surface area contributed by atoms with Crippen LogP contribution in [0.1, 0.15) is 17.9 Å². The Balaban J connectivity index is 2.15. The first kappa shape index (κ1) is 12.4. The van der Waals surface area contributed by atoms with E-state index in [1.165, 1.54) is 0 Å². The molecule has 0 bridgehead atoms. The normalized spacial score (nSPS) is 17.7. The Labute approximate surface area is 116 Å². The van der Waals surface area contributed by atoms with E-state index < -0.39 is 11.9 Å². The molecule has 0 fully saturated rings. The van der Waals surface area contributed by atoms with Crippen molar-refractivity contribution in [3.63, 3.8) is 0 Å². The lowest BCUT2D eigenvalue weighted by Crippen LogP contribution is -2.35. The third-order valence-electron chi connectivity index (χ3n) is 3.49. The zero-order valence-corrected chi connectivity index (χ0v) is 10.7. The van der Waals surface area contributed by atoms with Gasteiger partial charge in [0.15, 0.2) is 0 Å². The molecule has 1 aliphatic rings. The van der Waals surface area contributed by atoms with Crippen molar-refractivity contribution in [3.05, 3.63) is 60.2 Å². The zero-order valence-electron chi connectivity index (χ0n) is 10.7. The molecule has 0 aromatic heterocycles. The van der Waals surface area contributed by atoms with Crippen LogP contribution in [0.5, 0.6) is 0 Å². The van der Waals surface area contributed by atoms with Crippen molar-refractivity contribution in [2.45, 2.75) is 12.3 Å². The van der Waals surface area contributed by atoms with Crippen molar-refractivity contribution < 1.29 is 14.7 Å². The summed E-state index contributed by atoms with van der Waals surface area (Å²) in [6, 6.07) is 16.4. The van der Waals surface area contributed by atoms with Crippen LogP contribution in [0.2, 0.25) is 0 Å². The van der Waals surface area contributed by atoms with E-state index in [0.717, 1.165) is 5.69 Å². The number of nitrogens with zero attached hydrogens (tertiary/aromatic N) is 1. The van der Waals surface area contributed by atoms with Crippen LogP contribution in [-0.2, 0) is 9.59 Å². The number of benzene rings is 2. The number of amides is 1. The number of hydrogen-bond acceptors (Lipinski definition) is 2. The van der Waals surface area contributed by atoms with Gasteiger partial charge in [-0.25, -0.2) is 0 Å². The number of carboxylic acid groups (broad SMARTS) is 1. The molecule has 0 unspecified atom stereocenters. The van der Waals surface area contributed by atoms with Crippen LogP contribution in [0.4, 0.5) is 11.4 Å². The Kier molecular flexibility index (Phi) is 2.99. The van der Waals surface area contributed by atoms with Crippen LogP contribution < -0.4 is 4.90 Å². The molecule has 100 valence electrons. The molecule has 1 aliphatic heterocycles. The smallest absolute Gasteiger partial charge is 0.311 e. The molecule has 0 aliphatic carbocycles. The molecular weight excluding hydrogens is 254 g/mol. The van der Waals surface area contributed by atoms with Gasteiger partial charge in [-0.2, -0.15) is 0 Å². The lowest BCUT2D eigenvalue weighted by atomic mass is 9.89. The van der Waals surface area contributed by atoms with Gasteiger partial charge in [-0.1, -0.05) is 36.4 Å². The van der Waals surface area contributed by atoms with Crippen LogP contribution in [0, 0.1) is 0 Å². The Hall–Kier alpha value is -2.62. The minimum atomic E-state index is -0.960. The third kappa shape index (κ3) is 1.95. The molecule has 2 aromatic rings. The highest BCUT2D eigenvalue weighted by atomic mass is 16.4. The van der Waals surface area contributed by atoms with Gasteiger partial charge in [0, 0.05) is 12.1 Å². The van der Waals surface area contributed by atoms with Gasteiger partial charge in [-0.05, 0) is 23.8 Å². The number of rotatable bonds is 2. The van der Waals surface area contributed by atoms with E-state index in [4.69, 9.17) is 0 Å². The molecule has 0 saturated carbocycles. The fraction of sp³-hybridized carbons (Fsp3) is 0.125. The molecule has 4 nitrogen and oxygen atoms in total. The molecular formula is C16H13NO3. The van der Waals surface area contributed by atoms with Gasteiger partial charge in [0.05, 0.1) is 11.6 Å². The monoisotopic (exact) mass is 267 g/mol. The van der Waals surface area contributed by atoms with E-state index in [1.807, 2.05) is 36.4 Å². The minimum Gasteiger partial charge on any atom is -0.481 e. The topological polar surface area (TPSA) is 57.6 Å². The maximum Gasteiger partial charge on any atom is 0.311 e. The van der Waals surface area contributed by atoms with E-state index >= 15 is 0 Å². The van der Waals surface area contributed by atoms with Crippen molar-refractivity contribution in [1.29, 1.82) is 0 Å². The number of fused-ring (bicyclic) bond motifs is 1. The second-order valence-electron chi connectivity index (χ2n) is 4.72. The first-order valence-electron chi connectivity index (χ1n) is 6.38. The number of hydrogen-bond donors (Lipinski definition) is 1. The van der Waals surface area contributed by atoms with Crippen LogP contribution in [0.3, 0.4) is 0 Å². The second-order valence-corrected chi connectivity index (χ2v) is 4.72. The van der Waals surface area contributed by atoms with Crippen LogP contribution >= 0.6 is 0 Å². The highest BCUT2D eigenvalue weighted by Crippen LogP contribution is 2.39. The molecule has 1 atom stereocenters. The number of aliphatic carboxylic acids is 1. The first-order chi connectivity index (χ1) is 9.68. The van der Waals surface area contributed by atoms with Crippen molar-refractivity contribution in [2.75, 3.05) is 4.90 Å². The van der Waals surface area contributed by atoms with Crippen LogP contribution in [0.15, 0.2) is 54.6 Å². The summed E-state index contributed by atoms with van der Waals surface area (Å²) < 4.78 is 0. The average molecular weight is 267 g/mol. The molecule has 0 saturated heterocycles.